The summed E-state index contributed by atoms with van der Waals surface area (Å²) in [5, 5.41) is 7.71. The normalized spacial score (nSPS) is 14.1. The van der Waals surface area contributed by atoms with Gasteiger partial charge in [0, 0.05) is 48.8 Å². The molecule has 25 heavy (non-hydrogen) atoms. The number of aromatic nitrogens is 1. The standard InChI is InChI=1S/C18H24N4O2S/c1-3-19-18(20-8-7-17-21-12-13(2)25-17)22-14-5-6-15-16(11-14)24-10-4-9-23-15/h5-6,11-12H,3-4,7-10H2,1-2H3,(H2,19,20,22). The number of anilines is 1. The highest BCUT2D eigenvalue weighted by atomic mass is 32.1. The predicted octanol–water partition coefficient (Wildman–Crippen LogP) is 3.23. The minimum absolute atomic E-state index is 0.678. The molecular weight excluding hydrogens is 336 g/mol. The van der Waals surface area contributed by atoms with E-state index >= 15 is 0 Å². The van der Waals surface area contributed by atoms with Gasteiger partial charge in [0.25, 0.3) is 0 Å². The fraction of sp³-hybridized carbons (Fsp3) is 0.444. The maximum absolute atomic E-state index is 5.74. The zero-order valence-electron chi connectivity index (χ0n) is 14.7. The molecule has 0 saturated carbocycles. The van der Waals surface area contributed by atoms with E-state index in [9.17, 15) is 0 Å². The first-order valence-electron chi connectivity index (χ1n) is 8.61. The summed E-state index contributed by atoms with van der Waals surface area (Å²) in [5.41, 5.74) is 0.925. The lowest BCUT2D eigenvalue weighted by atomic mass is 10.3. The molecule has 134 valence electrons. The number of aryl methyl sites for hydroxylation is 1. The van der Waals surface area contributed by atoms with Crippen molar-refractivity contribution in [3.05, 3.63) is 34.3 Å². The number of hydrogen-bond donors (Lipinski definition) is 2. The molecule has 0 saturated heterocycles. The molecule has 0 bridgehead atoms. The van der Waals surface area contributed by atoms with E-state index in [-0.39, 0.29) is 0 Å². The number of hydrogen-bond acceptors (Lipinski definition) is 5. The van der Waals surface area contributed by atoms with E-state index in [2.05, 4.69) is 34.5 Å². The molecule has 1 aliphatic rings. The number of benzene rings is 1. The Labute approximate surface area is 152 Å². The van der Waals surface area contributed by atoms with Crippen molar-refractivity contribution in [1.82, 2.24) is 10.3 Å². The molecule has 0 radical (unpaired) electrons. The van der Waals surface area contributed by atoms with E-state index in [1.807, 2.05) is 24.4 Å². The van der Waals surface area contributed by atoms with Crippen molar-refractivity contribution in [2.24, 2.45) is 4.99 Å². The first-order chi connectivity index (χ1) is 12.2. The monoisotopic (exact) mass is 360 g/mol. The summed E-state index contributed by atoms with van der Waals surface area (Å²) in [5.74, 6) is 2.33. The lowest BCUT2D eigenvalue weighted by Gasteiger charge is -2.13. The van der Waals surface area contributed by atoms with Gasteiger partial charge in [0.05, 0.1) is 18.2 Å². The molecule has 0 atom stereocenters. The van der Waals surface area contributed by atoms with Gasteiger partial charge in [-0.2, -0.15) is 0 Å². The average Bonchev–Trinajstić information content (AvgIpc) is 2.88. The number of fused-ring (bicyclic) bond motifs is 1. The van der Waals surface area contributed by atoms with E-state index in [1.54, 1.807) is 11.3 Å². The van der Waals surface area contributed by atoms with E-state index in [0.717, 1.165) is 47.5 Å². The van der Waals surface area contributed by atoms with E-state index in [1.165, 1.54) is 4.88 Å². The molecule has 1 aromatic carbocycles. The van der Waals surface area contributed by atoms with Crippen molar-refractivity contribution in [2.75, 3.05) is 31.6 Å². The van der Waals surface area contributed by atoms with Gasteiger partial charge in [-0.15, -0.1) is 11.3 Å². The lowest BCUT2D eigenvalue weighted by Crippen LogP contribution is -2.30. The van der Waals surface area contributed by atoms with Crippen molar-refractivity contribution in [3.63, 3.8) is 0 Å². The fourth-order valence-corrected chi connectivity index (χ4v) is 3.24. The third-order valence-corrected chi connectivity index (χ3v) is 4.59. The number of rotatable bonds is 5. The van der Waals surface area contributed by atoms with Gasteiger partial charge in [0.15, 0.2) is 17.5 Å². The summed E-state index contributed by atoms with van der Waals surface area (Å²) in [6.07, 6.45) is 3.65. The molecule has 0 spiro atoms. The SMILES string of the molecule is CCNC(=NCCc1ncc(C)s1)Nc1ccc2c(c1)OCCCO2. The van der Waals surface area contributed by atoms with Crippen LogP contribution in [0.15, 0.2) is 29.4 Å². The topological polar surface area (TPSA) is 67.8 Å². The van der Waals surface area contributed by atoms with E-state index in [0.29, 0.717) is 19.8 Å². The molecule has 7 heteroatoms. The Bertz CT molecular complexity index is 730. The largest absolute Gasteiger partial charge is 0.490 e. The van der Waals surface area contributed by atoms with Gasteiger partial charge in [-0.05, 0) is 26.0 Å². The Morgan fingerprint density at radius 1 is 1.28 bits per heavy atom. The van der Waals surface area contributed by atoms with Gasteiger partial charge >= 0.3 is 0 Å². The lowest BCUT2D eigenvalue weighted by molar-refractivity contribution is 0.297. The van der Waals surface area contributed by atoms with Crippen LogP contribution in [0.1, 0.15) is 23.2 Å². The van der Waals surface area contributed by atoms with E-state index < -0.39 is 0 Å². The highest BCUT2D eigenvalue weighted by Gasteiger charge is 2.11. The number of aliphatic imine (C=N–C) groups is 1. The first-order valence-corrected chi connectivity index (χ1v) is 9.42. The Morgan fingerprint density at radius 3 is 2.88 bits per heavy atom. The molecule has 3 rings (SSSR count). The van der Waals surface area contributed by atoms with Gasteiger partial charge in [-0.25, -0.2) is 4.98 Å². The van der Waals surface area contributed by atoms with E-state index in [4.69, 9.17) is 9.47 Å². The van der Waals surface area contributed by atoms with Gasteiger partial charge in [0.2, 0.25) is 0 Å². The molecule has 2 N–H and O–H groups in total. The smallest absolute Gasteiger partial charge is 0.195 e. The van der Waals surface area contributed by atoms with Crippen LogP contribution in [-0.2, 0) is 6.42 Å². The Hall–Kier alpha value is -2.28. The molecule has 0 unspecified atom stereocenters. The zero-order valence-corrected chi connectivity index (χ0v) is 15.5. The minimum atomic E-state index is 0.678. The maximum Gasteiger partial charge on any atom is 0.195 e. The zero-order chi connectivity index (χ0) is 17.5. The van der Waals surface area contributed by atoms with Crippen LogP contribution in [0.3, 0.4) is 0 Å². The number of ether oxygens (including phenoxy) is 2. The second-order valence-electron chi connectivity index (χ2n) is 5.71. The summed E-state index contributed by atoms with van der Waals surface area (Å²) in [7, 11) is 0. The third-order valence-electron chi connectivity index (χ3n) is 3.62. The number of thiazole rings is 1. The average molecular weight is 360 g/mol. The molecule has 0 aliphatic carbocycles. The Balaban J connectivity index is 1.64. The summed E-state index contributed by atoms with van der Waals surface area (Å²) in [6.45, 7) is 6.98. The second kappa shape index (κ2) is 8.71. The number of nitrogens with one attached hydrogen (secondary N) is 2. The quantitative estimate of drug-likeness (QED) is 0.633. The molecule has 2 aromatic rings. The molecule has 0 fully saturated rings. The van der Waals surface area contributed by atoms with Crippen LogP contribution in [0.25, 0.3) is 0 Å². The van der Waals surface area contributed by atoms with Crippen molar-refractivity contribution in [1.29, 1.82) is 0 Å². The molecule has 1 aromatic heterocycles. The molecular formula is C18H24N4O2S. The molecule has 6 nitrogen and oxygen atoms in total. The van der Waals surface area contributed by atoms with Crippen LogP contribution < -0.4 is 20.1 Å². The maximum atomic E-state index is 5.74. The molecule has 1 aliphatic heterocycles. The van der Waals surface area contributed by atoms with Gasteiger partial charge in [-0.1, -0.05) is 0 Å². The summed E-state index contributed by atoms with van der Waals surface area (Å²) < 4.78 is 11.4. The molecule has 2 heterocycles. The van der Waals surface area contributed by atoms with Crippen molar-refractivity contribution >= 4 is 23.0 Å². The summed E-state index contributed by atoms with van der Waals surface area (Å²) >= 11 is 1.72. The van der Waals surface area contributed by atoms with Gasteiger partial charge < -0.3 is 20.1 Å². The number of nitrogens with zero attached hydrogens (tertiary/aromatic N) is 2. The fourth-order valence-electron chi connectivity index (χ4n) is 2.47. The third kappa shape index (κ3) is 5.09. The van der Waals surface area contributed by atoms with Crippen LogP contribution in [0.4, 0.5) is 5.69 Å². The summed E-state index contributed by atoms with van der Waals surface area (Å²) in [6, 6.07) is 5.87. The van der Waals surface area contributed by atoms with Crippen LogP contribution in [-0.4, -0.2) is 37.2 Å². The van der Waals surface area contributed by atoms with Crippen molar-refractivity contribution in [2.45, 2.75) is 26.7 Å². The van der Waals surface area contributed by atoms with Gasteiger partial charge in [-0.3, -0.25) is 4.99 Å². The Kier molecular flexibility index (Phi) is 6.11. The van der Waals surface area contributed by atoms with Gasteiger partial charge in [0.1, 0.15) is 0 Å². The highest BCUT2D eigenvalue weighted by molar-refractivity contribution is 7.11. The molecule has 0 amide bonds. The number of guanidine groups is 1. The minimum Gasteiger partial charge on any atom is -0.490 e. The van der Waals surface area contributed by atoms with Crippen LogP contribution >= 0.6 is 11.3 Å². The van der Waals surface area contributed by atoms with Crippen molar-refractivity contribution < 1.29 is 9.47 Å². The first kappa shape index (κ1) is 17.5. The highest BCUT2D eigenvalue weighted by Crippen LogP contribution is 2.32. The van der Waals surface area contributed by atoms with Crippen molar-refractivity contribution in [3.8, 4) is 11.5 Å². The van der Waals surface area contributed by atoms with Crippen LogP contribution in [0.2, 0.25) is 0 Å². The second-order valence-corrected chi connectivity index (χ2v) is 7.03. The predicted molar refractivity (Wildman–Crippen MR) is 102 cm³/mol. The van der Waals surface area contributed by atoms with Crippen LogP contribution in [0, 0.1) is 6.92 Å². The van der Waals surface area contributed by atoms with Crippen LogP contribution in [0.5, 0.6) is 11.5 Å². The summed E-state index contributed by atoms with van der Waals surface area (Å²) in [4.78, 5) is 10.2. The Morgan fingerprint density at radius 2 is 2.12 bits per heavy atom.